The molecule has 0 aliphatic rings. The largest absolute Gasteiger partial charge is 0.496 e. The molecule has 1 amide bonds. The maximum absolute atomic E-state index is 11.6. The first-order valence-corrected chi connectivity index (χ1v) is 8.81. The molecule has 0 aliphatic carbocycles. The molecule has 1 aromatic carbocycles. The van der Waals surface area contributed by atoms with Crippen LogP contribution in [0.25, 0.3) is 0 Å². The summed E-state index contributed by atoms with van der Waals surface area (Å²) >= 11 is 1.34. The van der Waals surface area contributed by atoms with Gasteiger partial charge in [0, 0.05) is 23.4 Å². The fourth-order valence-electron chi connectivity index (χ4n) is 1.86. The number of methoxy groups -OCH3 is 1. The van der Waals surface area contributed by atoms with Gasteiger partial charge in [0.2, 0.25) is 0 Å². The van der Waals surface area contributed by atoms with Gasteiger partial charge in [0.1, 0.15) is 5.75 Å². The first-order valence-electron chi connectivity index (χ1n) is 7.65. The quantitative estimate of drug-likeness (QED) is 0.513. The molecular formula is C17H23NO5S. The van der Waals surface area contributed by atoms with E-state index in [9.17, 15) is 14.4 Å². The number of Topliss-reactive ketones (excluding diaryl/α,β-unsaturated/α-hetero) is 1. The molecule has 0 bridgehead atoms. The molecule has 0 spiro atoms. The van der Waals surface area contributed by atoms with Gasteiger partial charge in [0.25, 0.3) is 5.91 Å². The second-order valence-corrected chi connectivity index (χ2v) is 6.07. The normalized spacial score (nSPS) is 10.1. The molecule has 0 fully saturated rings. The monoisotopic (exact) mass is 353 g/mol. The average Bonchev–Trinajstić information content (AvgIpc) is 2.57. The predicted molar refractivity (Wildman–Crippen MR) is 93.4 cm³/mol. The Bertz CT molecular complexity index is 588. The number of rotatable bonds is 10. The molecule has 0 atom stereocenters. The first-order chi connectivity index (χ1) is 11.5. The standard InChI is InChI=1S/C17H23NO5S/c1-4-7-18-16(20)9-23-17(21)11-24-10-14-8-13(12(2)19)5-6-15(14)22-3/h5-6,8H,4,7,9-11H2,1-3H3,(H,18,20). The zero-order valence-corrected chi connectivity index (χ0v) is 15.0. The molecule has 0 aromatic heterocycles. The minimum Gasteiger partial charge on any atom is -0.496 e. The van der Waals surface area contributed by atoms with Gasteiger partial charge in [-0.25, -0.2) is 0 Å². The summed E-state index contributed by atoms with van der Waals surface area (Å²) in [5.74, 6) is 0.510. The van der Waals surface area contributed by atoms with Crippen LogP contribution in [0.15, 0.2) is 18.2 Å². The van der Waals surface area contributed by atoms with E-state index in [0.717, 1.165) is 12.0 Å². The number of thioether (sulfide) groups is 1. The van der Waals surface area contributed by atoms with E-state index in [2.05, 4.69) is 5.32 Å². The molecule has 132 valence electrons. The molecular weight excluding hydrogens is 330 g/mol. The molecule has 0 aliphatic heterocycles. The molecule has 24 heavy (non-hydrogen) atoms. The third kappa shape index (κ3) is 7.04. The van der Waals surface area contributed by atoms with Crippen LogP contribution >= 0.6 is 11.8 Å². The smallest absolute Gasteiger partial charge is 0.316 e. The van der Waals surface area contributed by atoms with Gasteiger partial charge in [-0.3, -0.25) is 14.4 Å². The Balaban J connectivity index is 2.43. The van der Waals surface area contributed by atoms with Gasteiger partial charge < -0.3 is 14.8 Å². The second kappa shape index (κ2) is 10.7. The summed E-state index contributed by atoms with van der Waals surface area (Å²) in [6, 6.07) is 5.21. The van der Waals surface area contributed by atoms with Gasteiger partial charge in [0.15, 0.2) is 12.4 Å². The third-order valence-corrected chi connectivity index (χ3v) is 4.06. The van der Waals surface area contributed by atoms with Crippen LogP contribution in [-0.2, 0) is 20.1 Å². The van der Waals surface area contributed by atoms with Crippen molar-refractivity contribution < 1.29 is 23.9 Å². The van der Waals surface area contributed by atoms with Gasteiger partial charge in [-0.15, -0.1) is 11.8 Å². The highest BCUT2D eigenvalue weighted by atomic mass is 32.2. The minimum atomic E-state index is -0.451. The molecule has 7 heteroatoms. The lowest BCUT2D eigenvalue weighted by atomic mass is 10.1. The Kier molecular flexibility index (Phi) is 8.93. The SMILES string of the molecule is CCCNC(=O)COC(=O)CSCc1cc(C(C)=O)ccc1OC. The summed E-state index contributed by atoms with van der Waals surface area (Å²) in [5.41, 5.74) is 1.44. The van der Waals surface area contributed by atoms with Crippen molar-refractivity contribution in [2.45, 2.75) is 26.0 Å². The van der Waals surface area contributed by atoms with Gasteiger partial charge in [-0.2, -0.15) is 0 Å². The number of ether oxygens (including phenoxy) is 2. The number of hydrogen-bond donors (Lipinski definition) is 1. The van der Waals surface area contributed by atoms with E-state index in [4.69, 9.17) is 9.47 Å². The molecule has 0 unspecified atom stereocenters. The van der Waals surface area contributed by atoms with Crippen LogP contribution in [0.2, 0.25) is 0 Å². The number of ketones is 1. The average molecular weight is 353 g/mol. The number of nitrogens with one attached hydrogen (secondary N) is 1. The molecule has 6 nitrogen and oxygen atoms in total. The van der Waals surface area contributed by atoms with Gasteiger partial charge in [0.05, 0.1) is 12.9 Å². The van der Waals surface area contributed by atoms with Crippen LogP contribution in [0.1, 0.15) is 36.2 Å². The van der Waals surface area contributed by atoms with Crippen molar-refractivity contribution in [2.75, 3.05) is 26.0 Å². The van der Waals surface area contributed by atoms with Crippen LogP contribution in [-0.4, -0.2) is 43.7 Å². The van der Waals surface area contributed by atoms with E-state index in [1.54, 1.807) is 25.3 Å². The molecule has 0 heterocycles. The highest BCUT2D eigenvalue weighted by molar-refractivity contribution is 7.99. The fourth-order valence-corrected chi connectivity index (χ4v) is 2.66. The number of esters is 1. The summed E-state index contributed by atoms with van der Waals surface area (Å²) in [5, 5.41) is 2.63. The lowest BCUT2D eigenvalue weighted by Crippen LogP contribution is -2.29. The predicted octanol–water partition coefficient (Wildman–Crippen LogP) is 2.20. The van der Waals surface area contributed by atoms with Gasteiger partial charge in [-0.05, 0) is 31.5 Å². The van der Waals surface area contributed by atoms with Gasteiger partial charge in [-0.1, -0.05) is 6.92 Å². The highest BCUT2D eigenvalue weighted by Gasteiger charge is 2.10. The van der Waals surface area contributed by atoms with Gasteiger partial charge >= 0.3 is 5.97 Å². The van der Waals surface area contributed by atoms with Crippen molar-refractivity contribution in [1.82, 2.24) is 5.32 Å². The van der Waals surface area contributed by atoms with E-state index in [1.807, 2.05) is 6.92 Å². The first kappa shape index (κ1) is 20.0. The van der Waals surface area contributed by atoms with Crippen LogP contribution in [0.3, 0.4) is 0 Å². The zero-order chi connectivity index (χ0) is 17.9. The number of hydrogen-bond acceptors (Lipinski definition) is 6. The number of benzene rings is 1. The van der Waals surface area contributed by atoms with Crippen LogP contribution in [0.5, 0.6) is 5.75 Å². The number of carbonyl (C=O) groups excluding carboxylic acids is 3. The molecule has 1 N–H and O–H groups in total. The number of carbonyl (C=O) groups is 3. The molecule has 1 aromatic rings. The van der Waals surface area contributed by atoms with E-state index < -0.39 is 5.97 Å². The Morgan fingerprint density at radius 1 is 1.25 bits per heavy atom. The van der Waals surface area contributed by atoms with E-state index in [1.165, 1.54) is 18.7 Å². The summed E-state index contributed by atoms with van der Waals surface area (Å²) in [6.07, 6.45) is 0.830. The minimum absolute atomic E-state index is 0.0265. The topological polar surface area (TPSA) is 81.7 Å². The van der Waals surface area contributed by atoms with E-state index in [-0.39, 0.29) is 24.1 Å². The fraction of sp³-hybridized carbons (Fsp3) is 0.471. The van der Waals surface area contributed by atoms with Crippen molar-refractivity contribution >= 4 is 29.4 Å². The van der Waals surface area contributed by atoms with Crippen molar-refractivity contribution in [3.8, 4) is 5.75 Å². The Morgan fingerprint density at radius 3 is 2.62 bits per heavy atom. The second-order valence-electron chi connectivity index (χ2n) is 5.09. The lowest BCUT2D eigenvalue weighted by Gasteiger charge is -2.10. The molecule has 0 radical (unpaired) electrons. The summed E-state index contributed by atoms with van der Waals surface area (Å²) < 4.78 is 10.2. The van der Waals surface area contributed by atoms with Crippen LogP contribution < -0.4 is 10.1 Å². The Morgan fingerprint density at radius 2 is 2.00 bits per heavy atom. The van der Waals surface area contributed by atoms with Crippen molar-refractivity contribution in [3.63, 3.8) is 0 Å². The zero-order valence-electron chi connectivity index (χ0n) is 14.2. The Hall–Kier alpha value is -2.02. The number of amides is 1. The summed E-state index contributed by atoms with van der Waals surface area (Å²) in [7, 11) is 1.56. The summed E-state index contributed by atoms with van der Waals surface area (Å²) in [6.45, 7) is 3.75. The molecule has 1 rings (SSSR count). The highest BCUT2D eigenvalue weighted by Crippen LogP contribution is 2.24. The maximum atomic E-state index is 11.6. The van der Waals surface area contributed by atoms with Crippen molar-refractivity contribution in [2.24, 2.45) is 0 Å². The van der Waals surface area contributed by atoms with Crippen molar-refractivity contribution in [1.29, 1.82) is 0 Å². The Labute approximate surface area is 146 Å². The lowest BCUT2D eigenvalue weighted by molar-refractivity contribution is -0.145. The molecule has 0 saturated heterocycles. The van der Waals surface area contributed by atoms with Crippen molar-refractivity contribution in [3.05, 3.63) is 29.3 Å². The summed E-state index contributed by atoms with van der Waals surface area (Å²) in [4.78, 5) is 34.4. The van der Waals surface area contributed by atoms with E-state index >= 15 is 0 Å². The van der Waals surface area contributed by atoms with E-state index in [0.29, 0.717) is 23.6 Å². The van der Waals surface area contributed by atoms with Crippen LogP contribution in [0.4, 0.5) is 0 Å². The molecule has 0 saturated carbocycles. The maximum Gasteiger partial charge on any atom is 0.316 e. The third-order valence-electron chi connectivity index (χ3n) is 3.10. The van der Waals surface area contributed by atoms with Crippen LogP contribution in [0, 0.1) is 0 Å².